The Morgan fingerprint density at radius 3 is 2.42 bits per heavy atom. The summed E-state index contributed by atoms with van der Waals surface area (Å²) < 4.78 is 54.9. The fourth-order valence-electron chi connectivity index (χ4n) is 2.68. The Morgan fingerprint density at radius 1 is 1.03 bits per heavy atom. The van der Waals surface area contributed by atoms with Crippen LogP contribution in [-0.4, -0.2) is 11.7 Å². The van der Waals surface area contributed by atoms with E-state index in [1.807, 2.05) is 0 Å². The standard InChI is InChI=1S/C22H20F3NO5/c1-21(2,3)31-20(28)26-12-16-10-18(27)17-8-7-15(11-19(17)30-16)29-14-6-4-5-13(9-14)22(23,24)25/h4-11H,12H2,1-3H3,(H,26,28). The summed E-state index contributed by atoms with van der Waals surface area (Å²) >= 11 is 0. The van der Waals surface area contributed by atoms with E-state index in [-0.39, 0.29) is 40.2 Å². The van der Waals surface area contributed by atoms with E-state index in [4.69, 9.17) is 13.9 Å². The van der Waals surface area contributed by atoms with Gasteiger partial charge < -0.3 is 19.2 Å². The number of hydrogen-bond donors (Lipinski definition) is 1. The zero-order chi connectivity index (χ0) is 22.8. The molecule has 2 aromatic carbocycles. The van der Waals surface area contributed by atoms with Gasteiger partial charge in [-0.25, -0.2) is 4.79 Å². The second-order valence-corrected chi connectivity index (χ2v) is 7.72. The van der Waals surface area contributed by atoms with Crippen LogP contribution in [0.2, 0.25) is 0 Å². The molecular formula is C22H20F3NO5. The Hall–Kier alpha value is -3.49. The fourth-order valence-corrected chi connectivity index (χ4v) is 2.68. The average molecular weight is 435 g/mol. The maximum atomic E-state index is 12.9. The van der Waals surface area contributed by atoms with Gasteiger partial charge in [-0.3, -0.25) is 4.79 Å². The van der Waals surface area contributed by atoms with Gasteiger partial charge in [0.25, 0.3) is 0 Å². The number of amides is 1. The first kappa shape index (κ1) is 22.2. The third-order valence-corrected chi connectivity index (χ3v) is 3.95. The Morgan fingerprint density at radius 2 is 1.74 bits per heavy atom. The van der Waals surface area contributed by atoms with Crippen LogP contribution in [0, 0.1) is 0 Å². The molecule has 3 aromatic rings. The molecule has 1 N–H and O–H groups in total. The highest BCUT2D eigenvalue weighted by molar-refractivity contribution is 5.78. The average Bonchev–Trinajstić information content (AvgIpc) is 2.64. The van der Waals surface area contributed by atoms with Crippen LogP contribution >= 0.6 is 0 Å². The van der Waals surface area contributed by atoms with Crippen molar-refractivity contribution in [3.63, 3.8) is 0 Å². The van der Waals surface area contributed by atoms with Crippen LogP contribution in [0.4, 0.5) is 18.0 Å². The summed E-state index contributed by atoms with van der Waals surface area (Å²) in [5.41, 5.74) is -1.69. The van der Waals surface area contributed by atoms with Crippen molar-refractivity contribution in [1.29, 1.82) is 0 Å². The van der Waals surface area contributed by atoms with E-state index < -0.39 is 23.4 Å². The van der Waals surface area contributed by atoms with Crippen molar-refractivity contribution in [2.24, 2.45) is 0 Å². The first-order valence-electron chi connectivity index (χ1n) is 9.29. The molecule has 0 radical (unpaired) electrons. The van der Waals surface area contributed by atoms with Crippen molar-refractivity contribution in [1.82, 2.24) is 5.32 Å². The van der Waals surface area contributed by atoms with Gasteiger partial charge in [0.1, 0.15) is 28.4 Å². The predicted molar refractivity (Wildman–Crippen MR) is 107 cm³/mol. The van der Waals surface area contributed by atoms with Gasteiger partial charge in [0.2, 0.25) is 0 Å². The summed E-state index contributed by atoms with van der Waals surface area (Å²) in [6, 6.07) is 9.99. The second kappa shape index (κ2) is 8.33. The number of carbonyl (C=O) groups excluding carboxylic acids is 1. The molecule has 0 saturated carbocycles. The zero-order valence-corrected chi connectivity index (χ0v) is 17.0. The minimum atomic E-state index is -4.49. The lowest BCUT2D eigenvalue weighted by Gasteiger charge is -2.19. The Kier molecular flexibility index (Phi) is 5.97. The molecule has 0 fully saturated rings. The van der Waals surface area contributed by atoms with E-state index >= 15 is 0 Å². The smallest absolute Gasteiger partial charge is 0.416 e. The van der Waals surface area contributed by atoms with Crippen LogP contribution in [0.3, 0.4) is 0 Å². The number of alkyl halides is 3. The lowest BCUT2D eigenvalue weighted by molar-refractivity contribution is -0.137. The zero-order valence-electron chi connectivity index (χ0n) is 17.0. The van der Waals surface area contributed by atoms with Crippen LogP contribution in [-0.2, 0) is 17.5 Å². The molecule has 0 unspecified atom stereocenters. The molecule has 1 amide bonds. The topological polar surface area (TPSA) is 77.8 Å². The number of carbonyl (C=O) groups is 1. The van der Waals surface area contributed by atoms with E-state index in [1.165, 1.54) is 36.4 Å². The van der Waals surface area contributed by atoms with Crippen molar-refractivity contribution in [3.8, 4) is 11.5 Å². The molecule has 1 aromatic heterocycles. The monoisotopic (exact) mass is 435 g/mol. The van der Waals surface area contributed by atoms with Crippen molar-refractivity contribution >= 4 is 17.1 Å². The Labute approximate surface area is 175 Å². The van der Waals surface area contributed by atoms with Crippen LogP contribution in [0.25, 0.3) is 11.0 Å². The summed E-state index contributed by atoms with van der Waals surface area (Å²) in [7, 11) is 0. The molecule has 0 aliphatic heterocycles. The quantitative estimate of drug-likeness (QED) is 0.575. The van der Waals surface area contributed by atoms with Gasteiger partial charge in [0, 0.05) is 12.1 Å². The summed E-state index contributed by atoms with van der Waals surface area (Å²) in [4.78, 5) is 24.1. The number of fused-ring (bicyclic) bond motifs is 1. The number of rotatable bonds is 4. The lowest BCUT2D eigenvalue weighted by Crippen LogP contribution is -2.32. The van der Waals surface area contributed by atoms with Gasteiger partial charge in [0.15, 0.2) is 5.43 Å². The van der Waals surface area contributed by atoms with Gasteiger partial charge in [-0.1, -0.05) is 6.07 Å². The fraction of sp³-hybridized carbons (Fsp3) is 0.273. The van der Waals surface area contributed by atoms with Gasteiger partial charge in [-0.05, 0) is 51.1 Å². The first-order chi connectivity index (χ1) is 14.4. The maximum Gasteiger partial charge on any atom is 0.416 e. The Balaban J connectivity index is 1.81. The summed E-state index contributed by atoms with van der Waals surface area (Å²) in [5.74, 6) is 0.353. The van der Waals surface area contributed by atoms with Crippen LogP contribution in [0.5, 0.6) is 11.5 Å². The summed E-state index contributed by atoms with van der Waals surface area (Å²) in [6.45, 7) is 5.07. The largest absolute Gasteiger partial charge is 0.459 e. The number of halogens is 3. The molecule has 164 valence electrons. The number of hydrogen-bond acceptors (Lipinski definition) is 5. The second-order valence-electron chi connectivity index (χ2n) is 7.72. The van der Waals surface area contributed by atoms with Gasteiger partial charge >= 0.3 is 12.3 Å². The van der Waals surface area contributed by atoms with E-state index in [0.717, 1.165) is 12.1 Å². The molecule has 1 heterocycles. The normalized spacial score (nSPS) is 11.9. The summed E-state index contributed by atoms with van der Waals surface area (Å²) in [5, 5.41) is 2.75. The van der Waals surface area contributed by atoms with E-state index in [0.29, 0.717) is 0 Å². The summed E-state index contributed by atoms with van der Waals surface area (Å²) in [6.07, 6.45) is -5.16. The van der Waals surface area contributed by atoms with Crippen LogP contribution < -0.4 is 15.5 Å². The number of alkyl carbamates (subject to hydrolysis) is 1. The molecule has 0 atom stereocenters. The molecule has 0 aliphatic carbocycles. The van der Waals surface area contributed by atoms with Gasteiger partial charge in [-0.2, -0.15) is 13.2 Å². The van der Waals surface area contributed by atoms with Crippen LogP contribution in [0.1, 0.15) is 32.1 Å². The van der Waals surface area contributed by atoms with Crippen molar-refractivity contribution in [2.75, 3.05) is 0 Å². The maximum absolute atomic E-state index is 12.9. The molecule has 31 heavy (non-hydrogen) atoms. The molecule has 0 aliphatic rings. The third kappa shape index (κ3) is 6.00. The van der Waals surface area contributed by atoms with Crippen molar-refractivity contribution in [3.05, 3.63) is 70.1 Å². The molecular weight excluding hydrogens is 415 g/mol. The minimum Gasteiger partial charge on any atom is -0.459 e. The number of benzene rings is 2. The molecule has 0 bridgehead atoms. The first-order valence-corrected chi connectivity index (χ1v) is 9.29. The highest BCUT2D eigenvalue weighted by Crippen LogP contribution is 2.33. The minimum absolute atomic E-state index is 0.0146. The van der Waals surface area contributed by atoms with E-state index in [9.17, 15) is 22.8 Å². The molecule has 3 rings (SSSR count). The van der Waals surface area contributed by atoms with Crippen molar-refractivity contribution < 1.29 is 31.9 Å². The predicted octanol–water partition coefficient (Wildman–Crippen LogP) is 5.63. The molecule has 6 nitrogen and oxygen atoms in total. The SMILES string of the molecule is CC(C)(C)OC(=O)NCc1cc(=O)c2ccc(Oc3cccc(C(F)(F)F)c3)cc2o1. The molecule has 9 heteroatoms. The highest BCUT2D eigenvalue weighted by Gasteiger charge is 2.30. The van der Waals surface area contributed by atoms with E-state index in [2.05, 4.69) is 5.32 Å². The molecule has 0 spiro atoms. The lowest BCUT2D eigenvalue weighted by atomic mass is 10.2. The number of ether oxygens (including phenoxy) is 2. The number of nitrogens with one attached hydrogen (secondary N) is 1. The Bertz CT molecular complexity index is 1160. The third-order valence-electron chi connectivity index (χ3n) is 3.95. The highest BCUT2D eigenvalue weighted by atomic mass is 19.4. The van der Waals surface area contributed by atoms with Gasteiger partial charge in [0.05, 0.1) is 17.5 Å². The van der Waals surface area contributed by atoms with Crippen molar-refractivity contribution in [2.45, 2.75) is 39.1 Å². The van der Waals surface area contributed by atoms with Gasteiger partial charge in [-0.15, -0.1) is 0 Å². The van der Waals surface area contributed by atoms with Crippen LogP contribution in [0.15, 0.2) is 57.7 Å². The van der Waals surface area contributed by atoms with E-state index in [1.54, 1.807) is 20.8 Å². The molecule has 0 saturated heterocycles.